The molecule has 0 aliphatic carbocycles. The molecule has 4 aromatic rings. The van der Waals surface area contributed by atoms with E-state index < -0.39 is 41.6 Å². The van der Waals surface area contributed by atoms with E-state index in [0.717, 1.165) is 16.3 Å². The van der Waals surface area contributed by atoms with Gasteiger partial charge in [-0.05, 0) is 80.8 Å². The lowest BCUT2D eigenvalue weighted by atomic mass is 9.98. The standard InChI is InChI=1S/C37H39N3O4/c1-7-26-17-19-29(20-18-26)33(34(41)38-31-22-21-28-15-11-12-16-30(28)24-31)40(25(2)3)35(42)32(23-27-13-9-8-10-14-27)39-36(43)44-37(4,5)6/h1,8-22,24-25,32-33H,23H2,2-6H3,(H,38,41)(H,39,43). The zero-order chi connectivity index (χ0) is 31.9. The molecule has 0 radical (unpaired) electrons. The predicted octanol–water partition coefficient (Wildman–Crippen LogP) is 6.87. The SMILES string of the molecule is C#Cc1ccc(C(C(=O)Nc2ccc3ccccc3c2)N(C(=O)C(Cc2ccccc2)NC(=O)OC(C)(C)C)C(C)C)cc1. The Morgan fingerprint density at radius 2 is 1.50 bits per heavy atom. The minimum absolute atomic E-state index is 0.206. The topological polar surface area (TPSA) is 87.7 Å². The lowest BCUT2D eigenvalue weighted by Gasteiger charge is -2.37. The van der Waals surface area contributed by atoms with Gasteiger partial charge in [-0.25, -0.2) is 4.79 Å². The van der Waals surface area contributed by atoms with Gasteiger partial charge in [0.2, 0.25) is 5.91 Å². The van der Waals surface area contributed by atoms with Crippen LogP contribution in [0.5, 0.6) is 0 Å². The molecule has 7 nitrogen and oxygen atoms in total. The van der Waals surface area contributed by atoms with Gasteiger partial charge in [0.1, 0.15) is 17.7 Å². The number of terminal acetylenes is 1. The highest BCUT2D eigenvalue weighted by Crippen LogP contribution is 2.28. The number of benzene rings is 4. The molecule has 2 atom stereocenters. The summed E-state index contributed by atoms with van der Waals surface area (Å²) >= 11 is 0. The second kappa shape index (κ2) is 13.9. The molecule has 2 unspecified atom stereocenters. The molecule has 0 aliphatic rings. The summed E-state index contributed by atoms with van der Waals surface area (Å²) in [5, 5.41) is 7.82. The Morgan fingerprint density at radius 3 is 2.11 bits per heavy atom. The molecular weight excluding hydrogens is 550 g/mol. The van der Waals surface area contributed by atoms with Crippen LogP contribution in [0.15, 0.2) is 97.1 Å². The van der Waals surface area contributed by atoms with E-state index in [1.807, 2.05) is 86.6 Å². The molecule has 0 saturated carbocycles. The van der Waals surface area contributed by atoms with Gasteiger partial charge in [0, 0.05) is 23.7 Å². The number of carbonyl (C=O) groups excluding carboxylic acids is 3. The van der Waals surface area contributed by atoms with Crippen LogP contribution >= 0.6 is 0 Å². The van der Waals surface area contributed by atoms with Gasteiger partial charge in [0.15, 0.2) is 0 Å². The Balaban J connectivity index is 1.74. The van der Waals surface area contributed by atoms with Crippen LogP contribution in [0.25, 0.3) is 10.8 Å². The molecule has 226 valence electrons. The lowest BCUT2D eigenvalue weighted by molar-refractivity contribution is -0.142. The van der Waals surface area contributed by atoms with Crippen LogP contribution in [0.3, 0.4) is 0 Å². The van der Waals surface area contributed by atoms with Crippen molar-refractivity contribution >= 4 is 34.4 Å². The van der Waals surface area contributed by atoms with E-state index in [9.17, 15) is 14.4 Å². The highest BCUT2D eigenvalue weighted by atomic mass is 16.6. The number of hydrogen-bond donors (Lipinski definition) is 2. The van der Waals surface area contributed by atoms with Gasteiger partial charge >= 0.3 is 6.09 Å². The summed E-state index contributed by atoms with van der Waals surface area (Å²) in [6.07, 6.45) is 5.09. The first kappa shape index (κ1) is 31.8. The minimum Gasteiger partial charge on any atom is -0.444 e. The van der Waals surface area contributed by atoms with Crippen molar-refractivity contribution in [3.05, 3.63) is 114 Å². The van der Waals surface area contributed by atoms with Crippen molar-refractivity contribution in [3.8, 4) is 12.3 Å². The van der Waals surface area contributed by atoms with Crippen LogP contribution in [-0.4, -0.2) is 40.5 Å². The summed E-state index contributed by atoms with van der Waals surface area (Å²) in [6.45, 7) is 8.96. The third kappa shape index (κ3) is 8.26. The average Bonchev–Trinajstić information content (AvgIpc) is 2.98. The van der Waals surface area contributed by atoms with Gasteiger partial charge in [0.05, 0.1) is 0 Å². The number of ether oxygens (including phenoxy) is 1. The van der Waals surface area contributed by atoms with Crippen molar-refractivity contribution in [3.63, 3.8) is 0 Å². The second-order valence-electron chi connectivity index (χ2n) is 11.9. The smallest absolute Gasteiger partial charge is 0.408 e. The van der Waals surface area contributed by atoms with E-state index in [0.29, 0.717) is 16.8 Å². The van der Waals surface area contributed by atoms with Crippen LogP contribution in [0, 0.1) is 12.3 Å². The Morgan fingerprint density at radius 1 is 0.864 bits per heavy atom. The second-order valence-corrected chi connectivity index (χ2v) is 11.9. The predicted molar refractivity (Wildman–Crippen MR) is 175 cm³/mol. The third-order valence-electron chi connectivity index (χ3n) is 7.02. The van der Waals surface area contributed by atoms with Gasteiger partial charge in [-0.15, -0.1) is 6.42 Å². The molecule has 4 aromatic carbocycles. The molecule has 0 aromatic heterocycles. The minimum atomic E-state index is -1.03. The maximum Gasteiger partial charge on any atom is 0.408 e. The number of fused-ring (bicyclic) bond motifs is 1. The number of nitrogens with zero attached hydrogens (tertiary/aromatic N) is 1. The summed E-state index contributed by atoms with van der Waals surface area (Å²) in [5.41, 5.74) is 1.92. The Hall–Kier alpha value is -5.09. The highest BCUT2D eigenvalue weighted by molar-refractivity contribution is 6.00. The summed E-state index contributed by atoms with van der Waals surface area (Å²) in [4.78, 5) is 43.2. The Kier molecular flexibility index (Phi) is 10.1. The van der Waals surface area contributed by atoms with E-state index >= 15 is 0 Å². The molecule has 4 rings (SSSR count). The van der Waals surface area contributed by atoms with Crippen molar-refractivity contribution in [2.24, 2.45) is 0 Å². The third-order valence-corrected chi connectivity index (χ3v) is 7.02. The number of carbonyl (C=O) groups is 3. The molecule has 3 amide bonds. The fraction of sp³-hybridized carbons (Fsp3) is 0.270. The van der Waals surface area contributed by atoms with Crippen LogP contribution in [0.2, 0.25) is 0 Å². The molecule has 44 heavy (non-hydrogen) atoms. The monoisotopic (exact) mass is 589 g/mol. The summed E-state index contributed by atoms with van der Waals surface area (Å²) in [7, 11) is 0. The molecule has 0 bridgehead atoms. The van der Waals surface area contributed by atoms with Crippen LogP contribution in [0.4, 0.5) is 10.5 Å². The molecule has 7 heteroatoms. The molecule has 0 fully saturated rings. The van der Waals surface area contributed by atoms with Crippen molar-refractivity contribution in [1.82, 2.24) is 10.2 Å². The maximum atomic E-state index is 14.5. The molecule has 0 saturated heterocycles. The Bertz CT molecular complexity index is 1650. The molecule has 0 aliphatic heterocycles. The number of amides is 3. The van der Waals surface area contributed by atoms with E-state index in [2.05, 4.69) is 16.6 Å². The summed E-state index contributed by atoms with van der Waals surface area (Å²) < 4.78 is 5.51. The Labute approximate surface area is 259 Å². The van der Waals surface area contributed by atoms with Gasteiger partial charge < -0.3 is 20.3 Å². The van der Waals surface area contributed by atoms with E-state index in [4.69, 9.17) is 11.2 Å². The zero-order valence-corrected chi connectivity index (χ0v) is 25.8. The van der Waals surface area contributed by atoms with Crippen LogP contribution < -0.4 is 10.6 Å². The average molecular weight is 590 g/mol. The maximum absolute atomic E-state index is 14.5. The molecule has 0 heterocycles. The lowest BCUT2D eigenvalue weighted by Crippen LogP contribution is -2.55. The summed E-state index contributed by atoms with van der Waals surface area (Å²) in [6, 6.07) is 27.5. The van der Waals surface area contributed by atoms with Gasteiger partial charge in [-0.2, -0.15) is 0 Å². The van der Waals surface area contributed by atoms with E-state index in [-0.39, 0.29) is 6.42 Å². The molecule has 2 N–H and O–H groups in total. The molecule has 0 spiro atoms. The van der Waals surface area contributed by atoms with E-state index in [1.54, 1.807) is 45.0 Å². The number of nitrogens with one attached hydrogen (secondary N) is 2. The van der Waals surface area contributed by atoms with Crippen molar-refractivity contribution < 1.29 is 19.1 Å². The fourth-order valence-electron chi connectivity index (χ4n) is 5.04. The summed E-state index contributed by atoms with van der Waals surface area (Å²) in [5.74, 6) is 1.78. The number of alkyl carbamates (subject to hydrolysis) is 1. The number of hydrogen-bond acceptors (Lipinski definition) is 4. The van der Waals surface area contributed by atoms with Crippen molar-refractivity contribution in [1.29, 1.82) is 0 Å². The van der Waals surface area contributed by atoms with Crippen LogP contribution in [0.1, 0.15) is 57.4 Å². The van der Waals surface area contributed by atoms with Gasteiger partial charge in [-0.1, -0.05) is 78.7 Å². The highest BCUT2D eigenvalue weighted by Gasteiger charge is 2.38. The number of rotatable bonds is 9. The van der Waals surface area contributed by atoms with Crippen LogP contribution in [-0.2, 0) is 20.7 Å². The van der Waals surface area contributed by atoms with Crippen molar-refractivity contribution in [2.45, 2.75) is 64.8 Å². The zero-order valence-electron chi connectivity index (χ0n) is 25.8. The first-order valence-corrected chi connectivity index (χ1v) is 14.7. The van der Waals surface area contributed by atoms with Gasteiger partial charge in [-0.3, -0.25) is 9.59 Å². The largest absolute Gasteiger partial charge is 0.444 e. The fourth-order valence-corrected chi connectivity index (χ4v) is 5.04. The van der Waals surface area contributed by atoms with Gasteiger partial charge in [0.25, 0.3) is 5.91 Å². The normalized spacial score (nSPS) is 12.6. The quantitative estimate of drug-likeness (QED) is 0.209. The van der Waals surface area contributed by atoms with E-state index in [1.165, 1.54) is 4.90 Å². The number of anilines is 1. The first-order chi connectivity index (χ1) is 20.9. The first-order valence-electron chi connectivity index (χ1n) is 14.7. The van der Waals surface area contributed by atoms with Crippen molar-refractivity contribution in [2.75, 3.05) is 5.32 Å². The molecular formula is C37H39N3O4.